The summed E-state index contributed by atoms with van der Waals surface area (Å²) in [5.41, 5.74) is 2.24. The van der Waals surface area contributed by atoms with E-state index in [1.807, 2.05) is 74.8 Å². The lowest BCUT2D eigenvalue weighted by Crippen LogP contribution is -1.89. The summed E-state index contributed by atoms with van der Waals surface area (Å²) in [6.45, 7) is 0. The Hall–Kier alpha value is -1.80. The molecule has 2 nitrogen and oxygen atoms in total. The molecular formula is C14H18N2. The number of rotatable bonds is 2. The molecule has 0 aliphatic carbocycles. The zero-order chi connectivity index (χ0) is 11.6. The molecule has 16 heavy (non-hydrogen) atoms. The van der Waals surface area contributed by atoms with E-state index in [0.717, 1.165) is 11.4 Å². The molecule has 0 aliphatic heterocycles. The Labute approximate surface area is 97.3 Å². The highest BCUT2D eigenvalue weighted by Gasteiger charge is 1.89. The van der Waals surface area contributed by atoms with Gasteiger partial charge in [0.25, 0.3) is 0 Å². The molecule has 2 aromatic rings. The number of hydrogen-bond acceptors (Lipinski definition) is 2. The molecule has 84 valence electrons. The zero-order valence-electron chi connectivity index (χ0n) is 9.77. The van der Waals surface area contributed by atoms with Crippen LogP contribution in [0.3, 0.4) is 0 Å². The molecule has 0 aromatic heterocycles. The van der Waals surface area contributed by atoms with Crippen LogP contribution in [0.4, 0.5) is 11.4 Å². The van der Waals surface area contributed by atoms with Gasteiger partial charge >= 0.3 is 0 Å². The van der Waals surface area contributed by atoms with Gasteiger partial charge in [0.05, 0.1) is 0 Å². The van der Waals surface area contributed by atoms with Crippen LogP contribution in [0.2, 0.25) is 0 Å². The van der Waals surface area contributed by atoms with E-state index >= 15 is 0 Å². The molecule has 0 aliphatic rings. The van der Waals surface area contributed by atoms with E-state index in [-0.39, 0.29) is 0 Å². The second-order valence-electron chi connectivity index (χ2n) is 3.36. The first-order valence-corrected chi connectivity index (χ1v) is 5.32. The smallest absolute Gasteiger partial charge is 0.0384 e. The van der Waals surface area contributed by atoms with Crippen molar-refractivity contribution >= 4 is 11.4 Å². The van der Waals surface area contributed by atoms with Gasteiger partial charge in [-0.25, -0.2) is 0 Å². The summed E-state index contributed by atoms with van der Waals surface area (Å²) in [4.78, 5) is 0. The van der Waals surface area contributed by atoms with Gasteiger partial charge in [0.15, 0.2) is 0 Å². The summed E-state index contributed by atoms with van der Waals surface area (Å²) < 4.78 is 0. The molecule has 0 radical (unpaired) electrons. The molecule has 0 heterocycles. The molecule has 0 unspecified atom stereocenters. The van der Waals surface area contributed by atoms with Crippen LogP contribution < -0.4 is 10.6 Å². The average molecular weight is 214 g/mol. The molecule has 0 fully saturated rings. The Morgan fingerprint density at radius 1 is 0.625 bits per heavy atom. The number of benzene rings is 2. The van der Waals surface area contributed by atoms with Gasteiger partial charge in [-0.15, -0.1) is 0 Å². The summed E-state index contributed by atoms with van der Waals surface area (Å²) in [5, 5.41) is 6.05. The predicted molar refractivity (Wildman–Crippen MR) is 71.2 cm³/mol. The first kappa shape index (κ1) is 12.3. The number of nitrogens with one attached hydrogen (secondary N) is 2. The van der Waals surface area contributed by atoms with Gasteiger partial charge in [0.1, 0.15) is 0 Å². The largest absolute Gasteiger partial charge is 0.356 e. The van der Waals surface area contributed by atoms with Crippen molar-refractivity contribution in [2.24, 2.45) is 0 Å². The van der Waals surface area contributed by atoms with E-state index in [1.165, 1.54) is 0 Å². The third kappa shape index (κ3) is 4.62. The summed E-state index contributed by atoms with van der Waals surface area (Å²) in [7, 11) is 3.75. The summed E-state index contributed by atoms with van der Waals surface area (Å²) in [5.74, 6) is 0. The fourth-order valence-electron chi connectivity index (χ4n) is 1.21. The highest BCUT2D eigenvalue weighted by atomic mass is 14.9. The van der Waals surface area contributed by atoms with Gasteiger partial charge in [0.2, 0.25) is 0 Å². The fourth-order valence-corrected chi connectivity index (χ4v) is 1.21. The highest BCUT2D eigenvalue weighted by Crippen LogP contribution is 2.14. The van der Waals surface area contributed by atoms with Crippen molar-refractivity contribution in [3.05, 3.63) is 60.7 Å². The van der Waals surface area contributed by atoms with Gasteiger partial charge in [0, 0.05) is 11.4 Å². The van der Waals surface area contributed by atoms with Crippen molar-refractivity contribution in [1.29, 1.82) is 0 Å². The minimum Gasteiger partial charge on any atom is -0.356 e. The fraction of sp³-hybridized carbons (Fsp3) is 0.143. The molecule has 2 rings (SSSR count). The van der Waals surface area contributed by atoms with Gasteiger partial charge in [-0.05, 0) is 38.4 Å². The van der Waals surface area contributed by atoms with Gasteiger partial charge in [-0.1, -0.05) is 36.4 Å². The van der Waals surface area contributed by atoms with Crippen LogP contribution in [0.25, 0.3) is 0 Å². The maximum Gasteiger partial charge on any atom is 0.0384 e. The molecule has 0 spiro atoms. The Morgan fingerprint density at radius 2 is 0.938 bits per heavy atom. The van der Waals surface area contributed by atoms with Crippen LogP contribution in [0.5, 0.6) is 0 Å². The quantitative estimate of drug-likeness (QED) is 0.801. The second kappa shape index (κ2) is 7.49. The number of para-hydroxylation sites is 2. The molecule has 0 bridgehead atoms. The molecule has 2 aromatic carbocycles. The topological polar surface area (TPSA) is 24.1 Å². The first-order valence-electron chi connectivity index (χ1n) is 5.32. The van der Waals surface area contributed by atoms with Crippen LogP contribution in [0.15, 0.2) is 60.7 Å². The minimum atomic E-state index is 1.12. The van der Waals surface area contributed by atoms with Crippen LogP contribution in [0.1, 0.15) is 0 Å². The van der Waals surface area contributed by atoms with E-state index in [2.05, 4.69) is 10.6 Å². The van der Waals surface area contributed by atoms with Crippen molar-refractivity contribution in [2.75, 3.05) is 19.4 Å². The van der Waals surface area contributed by atoms with Crippen LogP contribution in [-0.2, 0) is 0 Å². The lowest BCUT2D eigenvalue weighted by Gasteiger charge is -2.04. The molecule has 2 N–H and O–H groups in total. The van der Waals surface area contributed by atoms with Crippen molar-refractivity contribution < 1.29 is 0 Å². The second-order valence-corrected chi connectivity index (χ2v) is 3.36. The third-order valence-electron chi connectivity index (χ3n) is 1.84. The Kier molecular flexibility index (Phi) is 5.74. The van der Waals surface area contributed by atoms with Crippen molar-refractivity contribution in [3.8, 4) is 0 Å². The number of hydrogen-bond donors (Lipinski definition) is 2. The monoisotopic (exact) mass is 214 g/mol. The molecule has 0 saturated carbocycles. The molecular weight excluding hydrogens is 196 g/mol. The van der Waals surface area contributed by atoms with Gasteiger partial charge in [-0.3, -0.25) is 0 Å². The minimum absolute atomic E-state index is 1.12. The predicted octanol–water partition coefficient (Wildman–Crippen LogP) is 3.27. The summed E-state index contributed by atoms with van der Waals surface area (Å²) in [6.07, 6.45) is 0. The van der Waals surface area contributed by atoms with Crippen LogP contribution in [0, 0.1) is 0 Å². The number of anilines is 2. The van der Waals surface area contributed by atoms with Crippen LogP contribution in [-0.4, -0.2) is 14.1 Å². The van der Waals surface area contributed by atoms with E-state index in [4.69, 9.17) is 0 Å². The molecule has 0 amide bonds. The van der Waals surface area contributed by atoms with E-state index in [1.54, 1.807) is 0 Å². The summed E-state index contributed by atoms with van der Waals surface area (Å²) in [6, 6.07) is 20.3. The Morgan fingerprint density at radius 3 is 1.25 bits per heavy atom. The Bertz CT molecular complexity index is 333. The van der Waals surface area contributed by atoms with Crippen molar-refractivity contribution in [1.82, 2.24) is 5.32 Å². The van der Waals surface area contributed by atoms with E-state index in [9.17, 15) is 0 Å². The normalized spacial score (nSPS) is 8.88. The van der Waals surface area contributed by atoms with E-state index < -0.39 is 0 Å². The first-order chi connectivity index (χ1) is 7.86. The Balaban J connectivity index is 0.000000386. The van der Waals surface area contributed by atoms with E-state index in [0.29, 0.717) is 0 Å². The summed E-state index contributed by atoms with van der Waals surface area (Å²) >= 11 is 0. The molecule has 0 atom stereocenters. The maximum absolute atomic E-state index is 3.30. The zero-order valence-corrected chi connectivity index (χ0v) is 9.77. The van der Waals surface area contributed by atoms with Crippen molar-refractivity contribution in [2.45, 2.75) is 0 Å². The standard InChI is InChI=1S/C12H11N.C2H7N/c1-3-7-11(8-4-1)13-12-9-5-2-6-10-12;1-3-2/h1-10,13H;3H,1-2H3. The maximum atomic E-state index is 3.30. The molecule has 2 heteroatoms. The van der Waals surface area contributed by atoms with Crippen LogP contribution >= 0.6 is 0 Å². The lowest BCUT2D eigenvalue weighted by molar-refractivity contribution is 1.02. The van der Waals surface area contributed by atoms with Gasteiger partial charge < -0.3 is 10.6 Å². The lowest BCUT2D eigenvalue weighted by atomic mass is 10.3. The average Bonchev–Trinajstić information content (AvgIpc) is 2.33. The third-order valence-corrected chi connectivity index (χ3v) is 1.84. The highest BCUT2D eigenvalue weighted by molar-refractivity contribution is 5.58. The van der Waals surface area contributed by atoms with Gasteiger partial charge in [-0.2, -0.15) is 0 Å². The van der Waals surface area contributed by atoms with Crippen molar-refractivity contribution in [3.63, 3.8) is 0 Å². The SMILES string of the molecule is CNC.c1ccc(Nc2ccccc2)cc1. The molecule has 0 saturated heterocycles.